The van der Waals surface area contributed by atoms with E-state index in [2.05, 4.69) is 36.5 Å². The average Bonchev–Trinajstić information content (AvgIpc) is 2.47. The molecule has 2 aromatic carbocycles. The monoisotopic (exact) mass is 271 g/mol. The summed E-state index contributed by atoms with van der Waals surface area (Å²) in [7, 11) is 1.90. The van der Waals surface area contributed by atoms with Crippen molar-refractivity contribution in [1.29, 1.82) is 0 Å². The van der Waals surface area contributed by atoms with Crippen LogP contribution >= 0.6 is 0 Å². The van der Waals surface area contributed by atoms with E-state index < -0.39 is 0 Å². The SMILES string of the molecule is CCCCc1ccc(C(NC)c2cccc(F)c2)cc1. The molecule has 0 aliphatic rings. The van der Waals surface area contributed by atoms with Crippen LogP contribution in [0, 0.1) is 5.82 Å². The molecule has 0 radical (unpaired) electrons. The summed E-state index contributed by atoms with van der Waals surface area (Å²) in [5, 5.41) is 3.26. The van der Waals surface area contributed by atoms with Gasteiger partial charge in [-0.05, 0) is 48.7 Å². The summed E-state index contributed by atoms with van der Waals surface area (Å²) >= 11 is 0. The fourth-order valence-corrected chi connectivity index (χ4v) is 2.47. The van der Waals surface area contributed by atoms with E-state index in [-0.39, 0.29) is 11.9 Å². The first kappa shape index (κ1) is 14.7. The summed E-state index contributed by atoms with van der Waals surface area (Å²) in [6.45, 7) is 2.20. The number of hydrogen-bond donors (Lipinski definition) is 1. The molecule has 2 heteroatoms. The third-order valence-electron chi connectivity index (χ3n) is 3.60. The van der Waals surface area contributed by atoms with Gasteiger partial charge in [0.2, 0.25) is 0 Å². The van der Waals surface area contributed by atoms with Crippen LogP contribution in [0.5, 0.6) is 0 Å². The number of hydrogen-bond acceptors (Lipinski definition) is 1. The van der Waals surface area contributed by atoms with Gasteiger partial charge >= 0.3 is 0 Å². The van der Waals surface area contributed by atoms with Crippen molar-refractivity contribution in [2.24, 2.45) is 0 Å². The maximum atomic E-state index is 13.4. The van der Waals surface area contributed by atoms with Crippen molar-refractivity contribution in [3.63, 3.8) is 0 Å². The van der Waals surface area contributed by atoms with Gasteiger partial charge < -0.3 is 5.32 Å². The second kappa shape index (κ2) is 7.20. The number of aryl methyl sites for hydroxylation is 1. The molecule has 1 N–H and O–H groups in total. The lowest BCUT2D eigenvalue weighted by Gasteiger charge is -2.17. The Kier molecular flexibility index (Phi) is 5.31. The number of rotatable bonds is 6. The number of halogens is 1. The summed E-state index contributed by atoms with van der Waals surface area (Å²) in [6, 6.07) is 15.4. The molecule has 2 rings (SSSR count). The molecule has 1 nitrogen and oxygen atoms in total. The van der Waals surface area contributed by atoms with Gasteiger partial charge in [-0.25, -0.2) is 4.39 Å². The molecule has 0 bridgehead atoms. The third-order valence-corrected chi connectivity index (χ3v) is 3.60. The standard InChI is InChI=1S/C18H22FN/c1-3-4-6-14-9-11-15(12-10-14)18(20-2)16-7-5-8-17(19)13-16/h5,7-13,18,20H,3-4,6H2,1-2H3. The predicted octanol–water partition coefficient (Wildman–Crippen LogP) is 4.48. The molecule has 0 heterocycles. The number of nitrogens with one attached hydrogen (secondary N) is 1. The fraction of sp³-hybridized carbons (Fsp3) is 0.333. The van der Waals surface area contributed by atoms with Crippen molar-refractivity contribution < 1.29 is 4.39 Å². The van der Waals surface area contributed by atoms with Gasteiger partial charge in [-0.15, -0.1) is 0 Å². The molecule has 2 aromatic rings. The summed E-state index contributed by atoms with van der Waals surface area (Å²) in [4.78, 5) is 0. The minimum absolute atomic E-state index is 0.0333. The van der Waals surface area contributed by atoms with Crippen LogP contribution in [0.1, 0.15) is 42.5 Å². The first-order valence-electron chi connectivity index (χ1n) is 7.26. The van der Waals surface area contributed by atoms with Gasteiger partial charge in [0, 0.05) is 0 Å². The zero-order valence-electron chi connectivity index (χ0n) is 12.2. The van der Waals surface area contributed by atoms with Crippen LogP contribution in [-0.4, -0.2) is 7.05 Å². The third kappa shape index (κ3) is 3.67. The molecule has 20 heavy (non-hydrogen) atoms. The lowest BCUT2D eigenvalue weighted by atomic mass is 9.97. The van der Waals surface area contributed by atoms with Crippen LogP contribution in [-0.2, 0) is 6.42 Å². The number of benzene rings is 2. The van der Waals surface area contributed by atoms with E-state index in [0.29, 0.717) is 0 Å². The van der Waals surface area contributed by atoms with E-state index in [9.17, 15) is 4.39 Å². The Morgan fingerprint density at radius 2 is 1.80 bits per heavy atom. The largest absolute Gasteiger partial charge is 0.309 e. The molecule has 0 amide bonds. The number of unbranched alkanes of at least 4 members (excludes halogenated alkanes) is 1. The Hall–Kier alpha value is -1.67. The van der Waals surface area contributed by atoms with Crippen LogP contribution in [0.3, 0.4) is 0 Å². The Bertz CT molecular complexity index is 533. The predicted molar refractivity (Wildman–Crippen MR) is 82.4 cm³/mol. The van der Waals surface area contributed by atoms with Crippen LogP contribution in [0.25, 0.3) is 0 Å². The van der Waals surface area contributed by atoms with Gasteiger partial charge in [0.1, 0.15) is 5.82 Å². The second-order valence-corrected chi connectivity index (χ2v) is 5.12. The first-order valence-corrected chi connectivity index (χ1v) is 7.26. The summed E-state index contributed by atoms with van der Waals surface area (Å²) in [6.07, 6.45) is 3.56. The Morgan fingerprint density at radius 1 is 1.05 bits per heavy atom. The van der Waals surface area contributed by atoms with Crippen LogP contribution in [0.15, 0.2) is 48.5 Å². The highest BCUT2D eigenvalue weighted by Gasteiger charge is 2.12. The Balaban J connectivity index is 2.19. The lowest BCUT2D eigenvalue weighted by molar-refractivity contribution is 0.616. The molecular weight excluding hydrogens is 249 g/mol. The molecule has 0 aliphatic carbocycles. The highest BCUT2D eigenvalue weighted by Crippen LogP contribution is 2.23. The minimum Gasteiger partial charge on any atom is -0.309 e. The summed E-state index contributed by atoms with van der Waals surface area (Å²) < 4.78 is 13.4. The molecule has 0 saturated carbocycles. The molecule has 0 aromatic heterocycles. The molecule has 0 spiro atoms. The Labute approximate surface area is 120 Å². The first-order chi connectivity index (χ1) is 9.74. The van der Waals surface area contributed by atoms with Gasteiger partial charge in [0.25, 0.3) is 0 Å². The molecule has 0 saturated heterocycles. The molecular formula is C18H22FN. The molecule has 1 unspecified atom stereocenters. The quantitative estimate of drug-likeness (QED) is 0.817. The van der Waals surface area contributed by atoms with Crippen LogP contribution in [0.2, 0.25) is 0 Å². The molecule has 0 aliphatic heterocycles. The molecule has 106 valence electrons. The zero-order valence-corrected chi connectivity index (χ0v) is 12.2. The van der Waals surface area contributed by atoms with Gasteiger partial charge in [0.05, 0.1) is 6.04 Å². The van der Waals surface area contributed by atoms with Crippen LogP contribution in [0.4, 0.5) is 4.39 Å². The van der Waals surface area contributed by atoms with Gasteiger partial charge in [0.15, 0.2) is 0 Å². The van der Waals surface area contributed by atoms with Gasteiger partial charge in [-0.3, -0.25) is 0 Å². The van der Waals surface area contributed by atoms with Crippen molar-refractivity contribution in [2.75, 3.05) is 7.05 Å². The topological polar surface area (TPSA) is 12.0 Å². The Morgan fingerprint density at radius 3 is 2.40 bits per heavy atom. The fourth-order valence-electron chi connectivity index (χ4n) is 2.47. The van der Waals surface area contributed by atoms with E-state index in [1.54, 1.807) is 12.1 Å². The summed E-state index contributed by atoms with van der Waals surface area (Å²) in [5.41, 5.74) is 3.48. The van der Waals surface area contributed by atoms with E-state index in [4.69, 9.17) is 0 Å². The zero-order chi connectivity index (χ0) is 14.4. The highest BCUT2D eigenvalue weighted by molar-refractivity contribution is 5.33. The maximum Gasteiger partial charge on any atom is 0.123 e. The molecule has 0 fully saturated rings. The van der Waals surface area contributed by atoms with Crippen molar-refractivity contribution >= 4 is 0 Å². The summed E-state index contributed by atoms with van der Waals surface area (Å²) in [5.74, 6) is -0.192. The smallest absolute Gasteiger partial charge is 0.123 e. The van der Waals surface area contributed by atoms with Gasteiger partial charge in [-0.2, -0.15) is 0 Å². The van der Waals surface area contributed by atoms with E-state index in [0.717, 1.165) is 12.0 Å². The van der Waals surface area contributed by atoms with E-state index >= 15 is 0 Å². The van der Waals surface area contributed by atoms with E-state index in [1.165, 1.54) is 30.0 Å². The minimum atomic E-state index is -0.192. The maximum absolute atomic E-state index is 13.4. The van der Waals surface area contributed by atoms with Crippen molar-refractivity contribution in [3.05, 3.63) is 71.0 Å². The van der Waals surface area contributed by atoms with Crippen molar-refractivity contribution in [1.82, 2.24) is 5.32 Å². The highest BCUT2D eigenvalue weighted by atomic mass is 19.1. The second-order valence-electron chi connectivity index (χ2n) is 5.12. The van der Waals surface area contributed by atoms with Crippen molar-refractivity contribution in [3.8, 4) is 0 Å². The normalized spacial score (nSPS) is 12.3. The van der Waals surface area contributed by atoms with E-state index in [1.807, 2.05) is 13.1 Å². The average molecular weight is 271 g/mol. The molecule has 1 atom stereocenters. The van der Waals surface area contributed by atoms with Crippen LogP contribution < -0.4 is 5.32 Å². The van der Waals surface area contributed by atoms with Crippen molar-refractivity contribution in [2.45, 2.75) is 32.2 Å². The van der Waals surface area contributed by atoms with Gasteiger partial charge in [-0.1, -0.05) is 49.7 Å². The lowest BCUT2D eigenvalue weighted by Crippen LogP contribution is -2.17.